The Balaban J connectivity index is 4.19. The first kappa shape index (κ1) is 53.4. The molecule has 9 nitrogen and oxygen atoms in total. The van der Waals surface area contributed by atoms with Crippen molar-refractivity contribution in [1.82, 2.24) is 0 Å². The van der Waals surface area contributed by atoms with Crippen LogP contribution in [0.2, 0.25) is 0 Å². The summed E-state index contributed by atoms with van der Waals surface area (Å²) in [6.45, 7) is 3.34. The zero-order chi connectivity index (χ0) is 41.9. The maximum absolute atomic E-state index is 12.4. The van der Waals surface area contributed by atoms with Gasteiger partial charge in [0.05, 0.1) is 12.7 Å². The van der Waals surface area contributed by atoms with Gasteiger partial charge in [-0.3, -0.25) is 14.1 Å². The summed E-state index contributed by atoms with van der Waals surface area (Å²) in [5.74, 6) is -1.05. The van der Waals surface area contributed by atoms with Crippen LogP contribution in [0.25, 0.3) is 0 Å². The Hall–Kier alpha value is -3.59. The average Bonchev–Trinajstić information content (AvgIpc) is 3.18. The summed E-state index contributed by atoms with van der Waals surface area (Å²) in [6, 6.07) is 0. The van der Waals surface area contributed by atoms with Gasteiger partial charge in [0.25, 0.3) is 0 Å². The van der Waals surface area contributed by atoms with E-state index in [0.717, 1.165) is 64.2 Å². The van der Waals surface area contributed by atoms with Gasteiger partial charge in [-0.05, 0) is 89.9 Å². The van der Waals surface area contributed by atoms with Crippen LogP contribution in [0.15, 0.2) is 122 Å². The molecule has 10 heteroatoms. The van der Waals surface area contributed by atoms with Crippen molar-refractivity contribution in [2.24, 2.45) is 0 Å². The van der Waals surface area contributed by atoms with Crippen molar-refractivity contribution in [3.05, 3.63) is 122 Å². The molecule has 0 aromatic heterocycles. The van der Waals surface area contributed by atoms with Crippen LogP contribution in [-0.2, 0) is 28.2 Å². The van der Waals surface area contributed by atoms with Gasteiger partial charge in [0.2, 0.25) is 0 Å². The van der Waals surface area contributed by atoms with Gasteiger partial charge < -0.3 is 24.4 Å². The second-order valence-electron chi connectivity index (χ2n) is 13.4. The van der Waals surface area contributed by atoms with E-state index < -0.39 is 38.6 Å². The number of aliphatic hydroxyl groups is 1. The Morgan fingerprint density at radius 3 is 1.63 bits per heavy atom. The normalized spacial score (nSPS) is 14.3. The highest BCUT2D eigenvalue weighted by molar-refractivity contribution is 7.46. The maximum Gasteiger partial charge on any atom is 0.469 e. The second-order valence-corrected chi connectivity index (χ2v) is 14.7. The van der Waals surface area contributed by atoms with Crippen molar-refractivity contribution < 1.29 is 43.0 Å². The lowest BCUT2D eigenvalue weighted by atomic mass is 10.1. The van der Waals surface area contributed by atoms with Crippen molar-refractivity contribution in [1.29, 1.82) is 0 Å². The molecule has 0 saturated heterocycles. The standard InChI is InChI=1S/C47H73O9P/c1-3-5-7-8-9-10-11-12-13-14-15-16-17-20-24-27-30-33-37-41-47(50)56-45(43-55-57(51,52)53)42-54-46(49)40-36-32-29-26-23-21-18-19-22-25-28-31-35-39-44(48)38-34-6-4-2/h6,9-10,12-13,15-16,19-24,28-29,31-32,34-35,39,44-45,48H,3-5,7-8,11,14,17-18,25-27,30,33,36-38,40-43H2,1-2H3,(H2,51,52,53)/b10-9-,13-12-,16-15-,22-19-,23-21-,24-20-,31-28+,32-29-,34-6-,39-35+/t44?,45-/m1/s1. The Labute approximate surface area is 344 Å². The summed E-state index contributed by atoms with van der Waals surface area (Å²) in [5, 5.41) is 9.82. The van der Waals surface area contributed by atoms with Crippen LogP contribution in [0.5, 0.6) is 0 Å². The summed E-state index contributed by atoms with van der Waals surface area (Å²) in [7, 11) is -4.80. The topological polar surface area (TPSA) is 140 Å². The number of hydrogen-bond acceptors (Lipinski definition) is 7. The molecule has 0 bridgehead atoms. The van der Waals surface area contributed by atoms with Gasteiger partial charge in [-0.1, -0.05) is 155 Å². The minimum Gasteiger partial charge on any atom is -0.462 e. The minimum absolute atomic E-state index is 0.111. The first-order chi connectivity index (χ1) is 27.7. The van der Waals surface area contributed by atoms with Crippen LogP contribution >= 0.6 is 7.82 Å². The van der Waals surface area contributed by atoms with Crippen LogP contribution in [0.1, 0.15) is 136 Å². The van der Waals surface area contributed by atoms with Crippen LogP contribution in [0.4, 0.5) is 0 Å². The number of unbranched alkanes of at least 4 members (excludes halogenated alkanes) is 6. The third-order valence-corrected chi connectivity index (χ3v) is 8.54. The first-order valence-electron chi connectivity index (χ1n) is 20.9. The van der Waals surface area contributed by atoms with E-state index in [2.05, 4.69) is 85.2 Å². The van der Waals surface area contributed by atoms with Crippen molar-refractivity contribution in [2.45, 2.75) is 148 Å². The Morgan fingerprint density at radius 1 is 0.561 bits per heavy atom. The van der Waals surface area contributed by atoms with Crippen molar-refractivity contribution in [3.63, 3.8) is 0 Å². The van der Waals surface area contributed by atoms with E-state index in [9.17, 15) is 19.3 Å². The average molecular weight is 813 g/mol. The molecular formula is C47H73O9P. The SMILES string of the molecule is CC/C=C\CC(O)/C=C/C=C/C/C=C\C/C=C\C/C=C\CCC(=O)OC[C@H](COP(=O)(O)O)OC(=O)CCCCC/C=C\C/C=C\C/C=C\C/C=C\CCCCC. The molecule has 0 aromatic rings. The zero-order valence-electron chi connectivity index (χ0n) is 34.8. The molecule has 0 aliphatic rings. The Kier molecular flexibility index (Phi) is 38.0. The molecule has 2 atom stereocenters. The quantitative estimate of drug-likeness (QED) is 0.0185. The smallest absolute Gasteiger partial charge is 0.462 e. The van der Waals surface area contributed by atoms with Gasteiger partial charge in [-0.25, -0.2) is 4.57 Å². The van der Waals surface area contributed by atoms with Gasteiger partial charge in [-0.2, -0.15) is 0 Å². The molecule has 0 spiro atoms. The monoisotopic (exact) mass is 812 g/mol. The van der Waals surface area contributed by atoms with Gasteiger partial charge >= 0.3 is 19.8 Å². The Bertz CT molecular complexity index is 1340. The number of aliphatic hydroxyl groups excluding tert-OH is 1. The lowest BCUT2D eigenvalue weighted by Gasteiger charge is -2.18. The molecule has 3 N–H and O–H groups in total. The van der Waals surface area contributed by atoms with E-state index >= 15 is 0 Å². The predicted molar refractivity (Wildman–Crippen MR) is 235 cm³/mol. The highest BCUT2D eigenvalue weighted by atomic mass is 31.2. The molecule has 0 rings (SSSR count). The lowest BCUT2D eigenvalue weighted by molar-refractivity contribution is -0.161. The van der Waals surface area contributed by atoms with E-state index in [0.29, 0.717) is 19.3 Å². The minimum atomic E-state index is -4.80. The number of ether oxygens (including phenoxy) is 2. The van der Waals surface area contributed by atoms with Crippen molar-refractivity contribution in [3.8, 4) is 0 Å². The van der Waals surface area contributed by atoms with Crippen LogP contribution < -0.4 is 0 Å². The third-order valence-electron chi connectivity index (χ3n) is 8.06. The summed E-state index contributed by atoms with van der Waals surface area (Å²) < 4.78 is 26.3. The Morgan fingerprint density at radius 2 is 1.09 bits per heavy atom. The van der Waals surface area contributed by atoms with Crippen LogP contribution in [0.3, 0.4) is 0 Å². The van der Waals surface area contributed by atoms with Gasteiger partial charge in [0.1, 0.15) is 6.61 Å². The summed E-state index contributed by atoms with van der Waals surface area (Å²) in [5.41, 5.74) is 0. The summed E-state index contributed by atoms with van der Waals surface area (Å²) >= 11 is 0. The number of phosphoric acid groups is 1. The number of carbonyl (C=O) groups excluding carboxylic acids is 2. The molecule has 320 valence electrons. The molecule has 0 fully saturated rings. The molecule has 0 amide bonds. The number of rotatable bonds is 36. The van der Waals surface area contributed by atoms with E-state index in [4.69, 9.17) is 19.3 Å². The molecule has 0 aromatic carbocycles. The second kappa shape index (κ2) is 40.6. The van der Waals surface area contributed by atoms with Crippen molar-refractivity contribution >= 4 is 19.8 Å². The van der Waals surface area contributed by atoms with Crippen LogP contribution in [0, 0.1) is 0 Å². The van der Waals surface area contributed by atoms with Gasteiger partial charge in [0, 0.05) is 12.8 Å². The lowest BCUT2D eigenvalue weighted by Crippen LogP contribution is -2.29. The van der Waals surface area contributed by atoms with E-state index in [1.165, 1.54) is 25.7 Å². The summed E-state index contributed by atoms with van der Waals surface area (Å²) in [4.78, 5) is 42.8. The fraction of sp³-hybridized carbons (Fsp3) is 0.532. The molecule has 0 aliphatic heterocycles. The van der Waals surface area contributed by atoms with Crippen molar-refractivity contribution in [2.75, 3.05) is 13.2 Å². The number of allylic oxidation sites excluding steroid dienone is 18. The van der Waals surface area contributed by atoms with E-state index in [1.807, 2.05) is 48.6 Å². The molecular weight excluding hydrogens is 739 g/mol. The molecule has 0 aliphatic carbocycles. The van der Waals surface area contributed by atoms with E-state index in [1.54, 1.807) is 6.08 Å². The largest absolute Gasteiger partial charge is 0.469 e. The molecule has 0 heterocycles. The summed E-state index contributed by atoms with van der Waals surface area (Å²) in [6.07, 6.45) is 55.4. The first-order valence-corrected chi connectivity index (χ1v) is 22.5. The molecule has 1 unspecified atom stereocenters. The number of phosphoric ester groups is 1. The molecule has 0 radical (unpaired) electrons. The van der Waals surface area contributed by atoms with E-state index in [-0.39, 0.29) is 19.4 Å². The highest BCUT2D eigenvalue weighted by Crippen LogP contribution is 2.36. The predicted octanol–water partition coefficient (Wildman–Crippen LogP) is 11.9. The fourth-order valence-electron chi connectivity index (χ4n) is 4.93. The molecule has 0 saturated carbocycles. The fourth-order valence-corrected chi connectivity index (χ4v) is 5.30. The number of esters is 2. The molecule has 57 heavy (non-hydrogen) atoms. The van der Waals surface area contributed by atoms with Gasteiger partial charge in [0.15, 0.2) is 6.10 Å². The zero-order valence-corrected chi connectivity index (χ0v) is 35.7. The highest BCUT2D eigenvalue weighted by Gasteiger charge is 2.22. The maximum atomic E-state index is 12.4. The third kappa shape index (κ3) is 43.4. The number of carbonyl (C=O) groups is 2. The number of hydrogen-bond donors (Lipinski definition) is 3. The van der Waals surface area contributed by atoms with Crippen LogP contribution in [-0.4, -0.2) is 52.3 Å². The van der Waals surface area contributed by atoms with Gasteiger partial charge in [-0.15, -0.1) is 0 Å².